The summed E-state index contributed by atoms with van der Waals surface area (Å²) in [5.74, 6) is -0.342. The number of sulfonamides is 1. The monoisotopic (exact) mass is 313 g/mol. The van der Waals surface area contributed by atoms with Gasteiger partial charge in [-0.05, 0) is 38.2 Å². The molecule has 0 bridgehead atoms. The molecule has 21 heavy (non-hydrogen) atoms. The Morgan fingerprint density at radius 1 is 1.19 bits per heavy atom. The largest absolute Gasteiger partial charge is 0.354 e. The second kappa shape index (κ2) is 8.11. The van der Waals surface area contributed by atoms with Gasteiger partial charge in [0.05, 0.1) is 11.4 Å². The number of carbonyl (C=O) groups excluding carboxylic acids is 1. The van der Waals surface area contributed by atoms with E-state index < -0.39 is 10.0 Å². The van der Waals surface area contributed by atoms with Crippen molar-refractivity contribution in [3.63, 3.8) is 0 Å². The maximum Gasteiger partial charge on any atom is 0.241 e. The zero-order valence-corrected chi connectivity index (χ0v) is 13.5. The number of hydrogen-bond acceptors (Lipinski definition) is 4. The van der Waals surface area contributed by atoms with Gasteiger partial charge >= 0.3 is 0 Å². The fourth-order valence-corrected chi connectivity index (χ4v) is 2.61. The van der Waals surface area contributed by atoms with Crippen LogP contribution in [0, 0.1) is 0 Å². The number of amides is 1. The van der Waals surface area contributed by atoms with E-state index in [1.165, 1.54) is 0 Å². The van der Waals surface area contributed by atoms with Gasteiger partial charge in [-0.15, -0.1) is 0 Å². The Hall–Kier alpha value is -1.44. The van der Waals surface area contributed by atoms with Crippen molar-refractivity contribution in [1.82, 2.24) is 14.9 Å². The molecule has 7 heteroatoms. The molecule has 1 amide bonds. The van der Waals surface area contributed by atoms with E-state index in [9.17, 15) is 13.2 Å². The number of hydrogen-bond donors (Lipinski definition) is 2. The molecule has 0 saturated heterocycles. The molecule has 0 radical (unpaired) electrons. The van der Waals surface area contributed by atoms with Crippen molar-refractivity contribution in [2.45, 2.75) is 18.2 Å². The van der Waals surface area contributed by atoms with Crippen LogP contribution in [0.1, 0.15) is 12.5 Å². The highest BCUT2D eigenvalue weighted by atomic mass is 32.2. The second-order valence-electron chi connectivity index (χ2n) is 4.98. The van der Waals surface area contributed by atoms with E-state index in [2.05, 4.69) is 10.0 Å². The molecule has 118 valence electrons. The molecule has 1 aromatic carbocycles. The van der Waals surface area contributed by atoms with E-state index in [0.717, 1.165) is 12.0 Å². The molecule has 0 saturated carbocycles. The zero-order valence-electron chi connectivity index (χ0n) is 12.7. The third-order valence-corrected chi connectivity index (χ3v) is 4.36. The van der Waals surface area contributed by atoms with E-state index in [4.69, 9.17) is 0 Å². The summed E-state index contributed by atoms with van der Waals surface area (Å²) in [7, 11) is 0.152. The van der Waals surface area contributed by atoms with Crippen LogP contribution in [0.5, 0.6) is 0 Å². The lowest BCUT2D eigenvalue weighted by molar-refractivity contribution is -0.119. The number of likely N-dealkylation sites (N-methyl/N-ethyl adjacent to an activating group) is 1. The summed E-state index contributed by atoms with van der Waals surface area (Å²) >= 11 is 0. The topological polar surface area (TPSA) is 78.5 Å². The predicted octanol–water partition coefficient (Wildman–Crippen LogP) is 0.205. The maximum atomic E-state index is 12.0. The van der Waals surface area contributed by atoms with Crippen LogP contribution in [-0.4, -0.2) is 53.0 Å². The summed E-state index contributed by atoms with van der Waals surface area (Å²) in [5.41, 5.74) is 1.07. The third kappa shape index (κ3) is 6.24. The molecule has 0 aromatic heterocycles. The highest BCUT2D eigenvalue weighted by Gasteiger charge is 2.15. The van der Waals surface area contributed by atoms with Crippen molar-refractivity contribution in [2.24, 2.45) is 0 Å². The average Bonchev–Trinajstić information content (AvgIpc) is 2.45. The summed E-state index contributed by atoms with van der Waals surface area (Å²) < 4.78 is 26.3. The molecule has 2 N–H and O–H groups in total. The number of nitrogens with one attached hydrogen (secondary N) is 2. The third-order valence-electron chi connectivity index (χ3n) is 2.95. The first-order chi connectivity index (χ1) is 9.85. The van der Waals surface area contributed by atoms with E-state index in [0.29, 0.717) is 13.1 Å². The van der Waals surface area contributed by atoms with Crippen molar-refractivity contribution in [1.29, 1.82) is 0 Å². The van der Waals surface area contributed by atoms with E-state index in [1.807, 2.05) is 25.9 Å². The van der Waals surface area contributed by atoms with Crippen molar-refractivity contribution in [2.75, 3.05) is 33.7 Å². The lowest BCUT2D eigenvalue weighted by Crippen LogP contribution is -2.39. The second-order valence-corrected chi connectivity index (χ2v) is 6.74. The summed E-state index contributed by atoms with van der Waals surface area (Å²) in [6.07, 6.45) is 0.849. The average molecular weight is 313 g/mol. The van der Waals surface area contributed by atoms with Gasteiger partial charge in [-0.2, -0.15) is 0 Å². The molecule has 0 fully saturated rings. The standard InChI is InChI=1S/C14H23N3O3S/c1-4-12-5-7-13(8-6-12)21(19,20)16-11-14(18)15-9-10-17(2)3/h5-8,16H,4,9-11H2,1-3H3,(H,15,18). The highest BCUT2D eigenvalue weighted by molar-refractivity contribution is 7.89. The Bertz CT molecular complexity index is 553. The minimum atomic E-state index is -3.64. The van der Waals surface area contributed by atoms with Crippen LogP contribution in [0.3, 0.4) is 0 Å². The Morgan fingerprint density at radius 2 is 1.81 bits per heavy atom. The molecule has 0 aliphatic carbocycles. The summed E-state index contributed by atoms with van der Waals surface area (Å²) in [5, 5.41) is 2.65. The molecule has 0 spiro atoms. The van der Waals surface area contributed by atoms with Crippen LogP contribution in [0.2, 0.25) is 0 Å². The van der Waals surface area contributed by atoms with Gasteiger partial charge in [-0.25, -0.2) is 13.1 Å². The van der Waals surface area contributed by atoms with Gasteiger partial charge in [0, 0.05) is 13.1 Å². The van der Waals surface area contributed by atoms with Crippen LogP contribution >= 0.6 is 0 Å². The van der Waals surface area contributed by atoms with Crippen LogP contribution in [-0.2, 0) is 21.2 Å². The number of carbonyl (C=O) groups is 1. The predicted molar refractivity (Wildman–Crippen MR) is 82.6 cm³/mol. The van der Waals surface area contributed by atoms with Crippen molar-refractivity contribution < 1.29 is 13.2 Å². The molecule has 0 aliphatic rings. The molecule has 0 unspecified atom stereocenters. The van der Waals surface area contributed by atoms with Crippen LogP contribution in [0.25, 0.3) is 0 Å². The molecular formula is C14H23N3O3S. The first-order valence-electron chi connectivity index (χ1n) is 6.85. The van der Waals surface area contributed by atoms with Crippen molar-refractivity contribution >= 4 is 15.9 Å². The van der Waals surface area contributed by atoms with Crippen LogP contribution in [0.15, 0.2) is 29.2 Å². The number of aryl methyl sites for hydroxylation is 1. The molecule has 6 nitrogen and oxygen atoms in total. The van der Waals surface area contributed by atoms with Gasteiger partial charge in [-0.3, -0.25) is 4.79 Å². The molecule has 0 aliphatic heterocycles. The molecule has 0 heterocycles. The maximum absolute atomic E-state index is 12.0. The first kappa shape index (κ1) is 17.6. The summed E-state index contributed by atoms with van der Waals surface area (Å²) in [6.45, 7) is 2.93. The van der Waals surface area contributed by atoms with Crippen LogP contribution in [0.4, 0.5) is 0 Å². The minimum Gasteiger partial charge on any atom is -0.354 e. The molecule has 1 aromatic rings. The fourth-order valence-electron chi connectivity index (χ4n) is 1.63. The SMILES string of the molecule is CCc1ccc(S(=O)(=O)NCC(=O)NCCN(C)C)cc1. The molecule has 1 rings (SSSR count). The van der Waals surface area contributed by atoms with Crippen molar-refractivity contribution in [3.05, 3.63) is 29.8 Å². The van der Waals surface area contributed by atoms with Crippen molar-refractivity contribution in [3.8, 4) is 0 Å². The zero-order chi connectivity index (χ0) is 15.9. The highest BCUT2D eigenvalue weighted by Crippen LogP contribution is 2.10. The van der Waals surface area contributed by atoms with Gasteiger partial charge in [-0.1, -0.05) is 19.1 Å². The Balaban J connectivity index is 2.50. The number of nitrogens with zero attached hydrogens (tertiary/aromatic N) is 1. The van der Waals surface area contributed by atoms with E-state index in [1.54, 1.807) is 24.3 Å². The van der Waals surface area contributed by atoms with E-state index in [-0.39, 0.29) is 17.3 Å². The Labute approximate surface area is 126 Å². The molecule has 0 atom stereocenters. The lowest BCUT2D eigenvalue weighted by atomic mass is 10.2. The van der Waals surface area contributed by atoms with Gasteiger partial charge in [0.15, 0.2) is 0 Å². The minimum absolute atomic E-state index is 0.167. The lowest BCUT2D eigenvalue weighted by Gasteiger charge is -2.11. The Morgan fingerprint density at radius 3 is 2.33 bits per heavy atom. The van der Waals surface area contributed by atoms with Crippen LogP contribution < -0.4 is 10.0 Å². The molecular weight excluding hydrogens is 290 g/mol. The smallest absolute Gasteiger partial charge is 0.241 e. The first-order valence-corrected chi connectivity index (χ1v) is 8.33. The normalized spacial score (nSPS) is 11.6. The van der Waals surface area contributed by atoms with Gasteiger partial charge in [0.25, 0.3) is 0 Å². The number of benzene rings is 1. The summed E-state index contributed by atoms with van der Waals surface area (Å²) in [6, 6.07) is 6.63. The van der Waals surface area contributed by atoms with Gasteiger partial charge < -0.3 is 10.2 Å². The number of rotatable bonds is 8. The quantitative estimate of drug-likeness (QED) is 0.719. The van der Waals surface area contributed by atoms with Gasteiger partial charge in [0.2, 0.25) is 15.9 Å². The van der Waals surface area contributed by atoms with E-state index >= 15 is 0 Å². The fraction of sp³-hybridized carbons (Fsp3) is 0.500. The van der Waals surface area contributed by atoms with Gasteiger partial charge in [0.1, 0.15) is 0 Å². The Kier molecular flexibility index (Phi) is 6.80. The summed E-state index contributed by atoms with van der Waals surface area (Å²) in [4.78, 5) is 13.6.